The van der Waals surface area contributed by atoms with Gasteiger partial charge in [-0.05, 0) is 19.4 Å². The van der Waals surface area contributed by atoms with Gasteiger partial charge in [0.2, 0.25) is 17.7 Å². The molecule has 2 atom stereocenters. The predicted molar refractivity (Wildman–Crippen MR) is 87.2 cm³/mol. The van der Waals surface area contributed by atoms with Gasteiger partial charge in [0.1, 0.15) is 18.7 Å². The molecule has 2 heterocycles. The van der Waals surface area contributed by atoms with Gasteiger partial charge in [-0.25, -0.2) is 0 Å². The summed E-state index contributed by atoms with van der Waals surface area (Å²) in [6.07, 6.45) is 0. The van der Waals surface area contributed by atoms with E-state index in [1.54, 1.807) is 18.7 Å². The number of aromatic nitrogens is 2. The van der Waals surface area contributed by atoms with E-state index >= 15 is 0 Å². The summed E-state index contributed by atoms with van der Waals surface area (Å²) in [5, 5.41) is 6.52. The maximum atomic E-state index is 12.7. The number of hydrogen-bond acceptors (Lipinski definition) is 6. The summed E-state index contributed by atoms with van der Waals surface area (Å²) in [5.41, 5.74) is 0.955. The van der Waals surface area contributed by atoms with Crippen molar-refractivity contribution in [2.24, 2.45) is 0 Å². The summed E-state index contributed by atoms with van der Waals surface area (Å²) in [7, 11) is 0. The number of rotatable bonds is 5. The van der Waals surface area contributed by atoms with Crippen LogP contribution in [0.1, 0.15) is 30.2 Å². The Labute approximate surface area is 145 Å². The van der Waals surface area contributed by atoms with E-state index in [2.05, 4.69) is 15.5 Å². The molecule has 2 unspecified atom stereocenters. The van der Waals surface area contributed by atoms with Crippen LogP contribution in [0.3, 0.4) is 0 Å². The molecule has 1 aliphatic heterocycles. The first-order valence-electron chi connectivity index (χ1n) is 8.06. The van der Waals surface area contributed by atoms with Crippen molar-refractivity contribution in [2.45, 2.75) is 32.5 Å². The lowest BCUT2D eigenvalue weighted by atomic mass is 10.1. The molecule has 1 aliphatic rings. The molecule has 2 aromatic rings. The summed E-state index contributed by atoms with van der Waals surface area (Å²) >= 11 is 0. The molecule has 8 heteroatoms. The Balaban J connectivity index is 1.71. The Hall–Kier alpha value is -2.74. The minimum Gasteiger partial charge on any atom is -0.369 e. The molecule has 1 aromatic carbocycles. The smallest absolute Gasteiger partial charge is 0.249 e. The molecule has 1 fully saturated rings. The van der Waals surface area contributed by atoms with Crippen LogP contribution in [0.2, 0.25) is 0 Å². The van der Waals surface area contributed by atoms with Crippen LogP contribution in [0.5, 0.6) is 0 Å². The van der Waals surface area contributed by atoms with Crippen LogP contribution in [0.4, 0.5) is 0 Å². The van der Waals surface area contributed by atoms with Crippen LogP contribution in [-0.2, 0) is 20.9 Å². The van der Waals surface area contributed by atoms with E-state index in [1.807, 2.05) is 30.3 Å². The number of carbonyl (C=O) groups is 2. The van der Waals surface area contributed by atoms with Crippen molar-refractivity contribution in [3.8, 4) is 0 Å². The number of morpholine rings is 1. The normalized spacial score (nSPS) is 18.9. The maximum Gasteiger partial charge on any atom is 0.249 e. The lowest BCUT2D eigenvalue weighted by Gasteiger charge is -2.34. The van der Waals surface area contributed by atoms with Crippen molar-refractivity contribution in [1.29, 1.82) is 0 Å². The average Bonchev–Trinajstić information content (AvgIpc) is 3.04. The molecule has 0 spiro atoms. The molecular formula is C17H20N4O4. The molecule has 8 nitrogen and oxygen atoms in total. The Morgan fingerprint density at radius 1 is 1.40 bits per heavy atom. The van der Waals surface area contributed by atoms with Gasteiger partial charge in [-0.1, -0.05) is 35.5 Å². The number of carbonyl (C=O) groups excluding carboxylic acids is 2. The van der Waals surface area contributed by atoms with E-state index < -0.39 is 12.1 Å². The predicted octanol–water partition coefficient (Wildman–Crippen LogP) is 0.983. The molecule has 0 aliphatic carbocycles. The highest BCUT2D eigenvalue weighted by atomic mass is 16.5. The fourth-order valence-electron chi connectivity index (χ4n) is 2.66. The fraction of sp³-hybridized carbons (Fsp3) is 0.412. The second-order valence-corrected chi connectivity index (χ2v) is 5.95. The number of aryl methyl sites for hydroxylation is 1. The molecular weight excluding hydrogens is 324 g/mol. The first-order chi connectivity index (χ1) is 12.0. The van der Waals surface area contributed by atoms with E-state index in [0.29, 0.717) is 18.3 Å². The quantitative estimate of drug-likeness (QED) is 0.868. The average molecular weight is 344 g/mol. The molecule has 1 saturated heterocycles. The van der Waals surface area contributed by atoms with Crippen molar-refractivity contribution >= 4 is 11.8 Å². The largest absolute Gasteiger partial charge is 0.369 e. The third kappa shape index (κ3) is 4.03. The molecule has 1 aromatic heterocycles. The first kappa shape index (κ1) is 17.1. The fourth-order valence-corrected chi connectivity index (χ4v) is 2.66. The summed E-state index contributed by atoms with van der Waals surface area (Å²) in [6.45, 7) is 3.94. The summed E-state index contributed by atoms with van der Waals surface area (Å²) in [6, 6.07) is 8.38. The van der Waals surface area contributed by atoms with Gasteiger partial charge < -0.3 is 19.5 Å². The van der Waals surface area contributed by atoms with Gasteiger partial charge >= 0.3 is 0 Å². The maximum absolute atomic E-state index is 12.7. The van der Waals surface area contributed by atoms with E-state index in [0.717, 1.165) is 5.56 Å². The molecule has 0 bridgehead atoms. The van der Waals surface area contributed by atoms with Gasteiger partial charge in [0, 0.05) is 6.54 Å². The standard InChI is InChI=1S/C17H20N4O4/c1-11(17-19-12(2)20-25-17)18-16(23)14-9-24-10-15(22)21(14)8-13-6-4-3-5-7-13/h3-7,11,14H,8-10H2,1-2H3,(H,18,23). The Morgan fingerprint density at radius 3 is 2.84 bits per heavy atom. The second-order valence-electron chi connectivity index (χ2n) is 5.95. The van der Waals surface area contributed by atoms with Crippen molar-refractivity contribution in [2.75, 3.05) is 13.2 Å². The van der Waals surface area contributed by atoms with E-state index in [-0.39, 0.29) is 25.0 Å². The zero-order chi connectivity index (χ0) is 17.8. The summed E-state index contributed by atoms with van der Waals surface area (Å²) < 4.78 is 10.3. The van der Waals surface area contributed by atoms with Crippen LogP contribution in [-0.4, -0.2) is 46.1 Å². The second kappa shape index (κ2) is 7.43. The van der Waals surface area contributed by atoms with Crippen LogP contribution in [0.25, 0.3) is 0 Å². The van der Waals surface area contributed by atoms with E-state index in [1.165, 1.54) is 0 Å². The lowest BCUT2D eigenvalue weighted by molar-refractivity contribution is -0.156. The number of nitrogens with one attached hydrogen (secondary N) is 1. The van der Waals surface area contributed by atoms with Gasteiger partial charge in [-0.15, -0.1) is 0 Å². The van der Waals surface area contributed by atoms with Crippen LogP contribution in [0.15, 0.2) is 34.9 Å². The van der Waals surface area contributed by atoms with Crippen LogP contribution < -0.4 is 5.32 Å². The zero-order valence-electron chi connectivity index (χ0n) is 14.1. The third-order valence-corrected chi connectivity index (χ3v) is 3.97. The minimum atomic E-state index is -0.701. The number of amides is 2. The van der Waals surface area contributed by atoms with Gasteiger partial charge in [-0.3, -0.25) is 9.59 Å². The summed E-state index contributed by atoms with van der Waals surface area (Å²) in [4.78, 5) is 30.6. The molecule has 0 radical (unpaired) electrons. The van der Waals surface area contributed by atoms with Gasteiger partial charge in [0.05, 0.1) is 6.61 Å². The number of hydrogen-bond donors (Lipinski definition) is 1. The van der Waals surface area contributed by atoms with Crippen molar-refractivity contribution in [3.63, 3.8) is 0 Å². The van der Waals surface area contributed by atoms with Crippen LogP contribution in [0, 0.1) is 6.92 Å². The highest BCUT2D eigenvalue weighted by Crippen LogP contribution is 2.16. The minimum absolute atomic E-state index is 0.0188. The highest BCUT2D eigenvalue weighted by Gasteiger charge is 2.35. The van der Waals surface area contributed by atoms with Crippen molar-refractivity contribution in [1.82, 2.24) is 20.4 Å². The highest BCUT2D eigenvalue weighted by molar-refractivity contribution is 5.89. The Morgan fingerprint density at radius 2 is 2.16 bits per heavy atom. The molecule has 0 saturated carbocycles. The Kier molecular flexibility index (Phi) is 5.08. The van der Waals surface area contributed by atoms with E-state index in [4.69, 9.17) is 9.26 Å². The monoisotopic (exact) mass is 344 g/mol. The zero-order valence-corrected chi connectivity index (χ0v) is 14.1. The van der Waals surface area contributed by atoms with Crippen LogP contribution >= 0.6 is 0 Å². The SMILES string of the molecule is Cc1noc(C(C)NC(=O)C2COCC(=O)N2Cc2ccccc2)n1. The lowest BCUT2D eigenvalue weighted by Crippen LogP contribution is -2.56. The number of nitrogens with zero attached hydrogens (tertiary/aromatic N) is 3. The van der Waals surface area contributed by atoms with Crippen molar-refractivity contribution in [3.05, 3.63) is 47.6 Å². The third-order valence-electron chi connectivity index (χ3n) is 3.97. The van der Waals surface area contributed by atoms with Gasteiger partial charge in [0.15, 0.2) is 5.82 Å². The molecule has 25 heavy (non-hydrogen) atoms. The molecule has 1 N–H and O–H groups in total. The topological polar surface area (TPSA) is 97.6 Å². The van der Waals surface area contributed by atoms with Gasteiger partial charge in [-0.2, -0.15) is 4.98 Å². The Bertz CT molecular complexity index is 746. The summed E-state index contributed by atoms with van der Waals surface area (Å²) in [5.74, 6) is 0.297. The molecule has 3 rings (SSSR count). The number of ether oxygens (including phenoxy) is 1. The van der Waals surface area contributed by atoms with Crippen molar-refractivity contribution < 1.29 is 18.8 Å². The first-order valence-corrected chi connectivity index (χ1v) is 8.06. The molecule has 2 amide bonds. The molecule has 132 valence electrons. The number of benzene rings is 1. The van der Waals surface area contributed by atoms with E-state index in [9.17, 15) is 9.59 Å². The van der Waals surface area contributed by atoms with Gasteiger partial charge in [0.25, 0.3) is 0 Å².